The van der Waals surface area contributed by atoms with Gasteiger partial charge in [0.2, 0.25) is 5.91 Å². The normalized spacial score (nSPS) is 49.0. The van der Waals surface area contributed by atoms with Crippen LogP contribution in [-0.2, 0) is 4.79 Å². The monoisotopic (exact) mass is 298 g/mol. The number of rotatable bonds is 2. The van der Waals surface area contributed by atoms with E-state index < -0.39 is 0 Å². The standard InChI is InChI=1S/C16H26N2O.ClH/c17-11-5-4-9(6-11)16(19)18-15-8-10-7-14(15)13-3-1-2-12(10)13;/h9-15H,1-8,17H2,(H,18,19);1H. The average Bonchev–Trinajstić information content (AvgIpc) is 3.08. The summed E-state index contributed by atoms with van der Waals surface area (Å²) in [6.07, 6.45) is 9.90. The van der Waals surface area contributed by atoms with Crippen molar-refractivity contribution in [2.45, 2.75) is 63.5 Å². The lowest BCUT2D eigenvalue weighted by molar-refractivity contribution is -0.126. The summed E-state index contributed by atoms with van der Waals surface area (Å²) in [5.41, 5.74) is 5.92. The Morgan fingerprint density at radius 1 is 0.950 bits per heavy atom. The first-order valence-corrected chi connectivity index (χ1v) is 8.28. The minimum atomic E-state index is 0. The number of carbonyl (C=O) groups excluding carboxylic acids is 1. The van der Waals surface area contributed by atoms with E-state index in [0.717, 1.165) is 42.9 Å². The highest BCUT2D eigenvalue weighted by atomic mass is 35.5. The maximum Gasteiger partial charge on any atom is 0.223 e. The zero-order valence-electron chi connectivity index (χ0n) is 12.1. The highest BCUT2D eigenvalue weighted by Gasteiger charge is 2.54. The Morgan fingerprint density at radius 2 is 1.75 bits per heavy atom. The molecule has 0 aromatic carbocycles. The second-order valence-corrected chi connectivity index (χ2v) is 7.54. The minimum Gasteiger partial charge on any atom is -0.353 e. The van der Waals surface area contributed by atoms with Gasteiger partial charge in [-0.05, 0) is 68.6 Å². The summed E-state index contributed by atoms with van der Waals surface area (Å²) in [5, 5.41) is 3.39. The number of nitrogens with two attached hydrogens (primary N) is 1. The molecule has 7 unspecified atom stereocenters. The van der Waals surface area contributed by atoms with Crippen molar-refractivity contribution >= 4 is 18.3 Å². The van der Waals surface area contributed by atoms with Crippen LogP contribution in [0.15, 0.2) is 0 Å². The van der Waals surface area contributed by atoms with E-state index in [1.54, 1.807) is 0 Å². The summed E-state index contributed by atoms with van der Waals surface area (Å²) < 4.78 is 0. The van der Waals surface area contributed by atoms with Gasteiger partial charge in [0.05, 0.1) is 0 Å². The van der Waals surface area contributed by atoms with Crippen molar-refractivity contribution in [3.05, 3.63) is 0 Å². The highest BCUT2D eigenvalue weighted by molar-refractivity contribution is 5.85. The fourth-order valence-electron chi connectivity index (χ4n) is 5.79. The molecule has 0 aliphatic heterocycles. The van der Waals surface area contributed by atoms with Crippen LogP contribution in [0.5, 0.6) is 0 Å². The molecule has 0 saturated heterocycles. The molecule has 2 bridgehead atoms. The number of carbonyl (C=O) groups is 1. The number of amides is 1. The Bertz CT molecular complexity index is 389. The molecule has 3 nitrogen and oxygen atoms in total. The van der Waals surface area contributed by atoms with Gasteiger partial charge in [0.15, 0.2) is 0 Å². The molecule has 4 heteroatoms. The van der Waals surface area contributed by atoms with Crippen molar-refractivity contribution in [2.75, 3.05) is 0 Å². The molecule has 0 aromatic rings. The molecule has 0 heterocycles. The van der Waals surface area contributed by atoms with Gasteiger partial charge >= 0.3 is 0 Å². The van der Waals surface area contributed by atoms with Crippen molar-refractivity contribution < 1.29 is 4.79 Å². The van der Waals surface area contributed by atoms with Gasteiger partial charge < -0.3 is 11.1 Å². The van der Waals surface area contributed by atoms with Crippen LogP contribution in [0.2, 0.25) is 0 Å². The van der Waals surface area contributed by atoms with Gasteiger partial charge in [-0.25, -0.2) is 0 Å². The molecule has 0 aromatic heterocycles. The van der Waals surface area contributed by atoms with Crippen LogP contribution in [0.1, 0.15) is 51.4 Å². The number of fused-ring (bicyclic) bond motifs is 5. The zero-order valence-corrected chi connectivity index (χ0v) is 12.9. The van der Waals surface area contributed by atoms with E-state index in [-0.39, 0.29) is 24.4 Å². The summed E-state index contributed by atoms with van der Waals surface area (Å²) in [6, 6.07) is 0.753. The molecule has 114 valence electrons. The SMILES string of the molecule is Cl.NC1CCC(C(=O)NC2CC3CC2C2CCCC32)C1. The lowest BCUT2D eigenvalue weighted by atomic mass is 9.79. The Labute approximate surface area is 127 Å². The fourth-order valence-corrected chi connectivity index (χ4v) is 5.79. The summed E-state index contributed by atoms with van der Waals surface area (Å²) in [7, 11) is 0. The van der Waals surface area contributed by atoms with Crippen molar-refractivity contribution in [1.29, 1.82) is 0 Å². The third kappa shape index (κ3) is 2.27. The quantitative estimate of drug-likeness (QED) is 0.823. The number of halogens is 1. The van der Waals surface area contributed by atoms with Crippen molar-refractivity contribution in [2.24, 2.45) is 35.3 Å². The van der Waals surface area contributed by atoms with E-state index in [4.69, 9.17) is 5.73 Å². The summed E-state index contributed by atoms with van der Waals surface area (Å²) in [4.78, 5) is 12.3. The predicted octanol–water partition coefficient (Wildman–Crippen LogP) is 2.48. The van der Waals surface area contributed by atoms with Crippen LogP contribution in [0, 0.1) is 29.6 Å². The van der Waals surface area contributed by atoms with Crippen molar-refractivity contribution in [3.8, 4) is 0 Å². The third-order valence-electron chi connectivity index (χ3n) is 6.60. The largest absolute Gasteiger partial charge is 0.353 e. The predicted molar refractivity (Wildman–Crippen MR) is 81.5 cm³/mol. The van der Waals surface area contributed by atoms with E-state index in [9.17, 15) is 4.79 Å². The van der Waals surface area contributed by atoms with Gasteiger partial charge in [-0.15, -0.1) is 12.4 Å². The van der Waals surface area contributed by atoms with Crippen LogP contribution in [0.25, 0.3) is 0 Å². The Hall–Kier alpha value is -0.280. The first kappa shape index (κ1) is 14.6. The zero-order chi connectivity index (χ0) is 13.0. The molecule has 3 N–H and O–H groups in total. The molecular weight excluding hydrogens is 272 g/mol. The first-order chi connectivity index (χ1) is 9.22. The number of hydrogen-bond donors (Lipinski definition) is 2. The molecule has 4 aliphatic carbocycles. The molecule has 4 saturated carbocycles. The van der Waals surface area contributed by atoms with Gasteiger partial charge in [-0.2, -0.15) is 0 Å². The summed E-state index contributed by atoms with van der Waals surface area (Å²) in [6.45, 7) is 0. The van der Waals surface area contributed by atoms with Crippen LogP contribution in [0.4, 0.5) is 0 Å². The molecule has 4 rings (SSSR count). The molecule has 7 atom stereocenters. The number of nitrogens with one attached hydrogen (secondary N) is 1. The molecule has 0 spiro atoms. The summed E-state index contributed by atoms with van der Waals surface area (Å²) in [5.74, 6) is 4.19. The lowest BCUT2D eigenvalue weighted by Crippen LogP contribution is -2.44. The second-order valence-electron chi connectivity index (χ2n) is 7.54. The molecule has 4 fully saturated rings. The van der Waals surface area contributed by atoms with Gasteiger partial charge in [0.25, 0.3) is 0 Å². The van der Waals surface area contributed by atoms with E-state index in [0.29, 0.717) is 11.9 Å². The Kier molecular flexibility index (Phi) is 4.02. The minimum absolute atomic E-state index is 0. The lowest BCUT2D eigenvalue weighted by Gasteiger charge is -2.32. The topological polar surface area (TPSA) is 55.1 Å². The van der Waals surface area contributed by atoms with Crippen molar-refractivity contribution in [1.82, 2.24) is 5.32 Å². The molecular formula is C16H27ClN2O. The van der Waals surface area contributed by atoms with Crippen molar-refractivity contribution in [3.63, 3.8) is 0 Å². The van der Waals surface area contributed by atoms with Gasteiger partial charge in [-0.3, -0.25) is 4.79 Å². The van der Waals surface area contributed by atoms with Gasteiger partial charge in [-0.1, -0.05) is 6.42 Å². The van der Waals surface area contributed by atoms with Crippen LogP contribution >= 0.6 is 12.4 Å². The van der Waals surface area contributed by atoms with Gasteiger partial charge in [0.1, 0.15) is 0 Å². The smallest absolute Gasteiger partial charge is 0.223 e. The van der Waals surface area contributed by atoms with Crippen LogP contribution in [-0.4, -0.2) is 18.0 Å². The van der Waals surface area contributed by atoms with E-state index in [1.807, 2.05) is 0 Å². The molecule has 0 radical (unpaired) electrons. The molecule has 1 amide bonds. The second kappa shape index (κ2) is 5.49. The Balaban J connectivity index is 0.00000121. The fraction of sp³-hybridized carbons (Fsp3) is 0.938. The van der Waals surface area contributed by atoms with E-state index in [1.165, 1.54) is 32.1 Å². The number of hydrogen-bond acceptors (Lipinski definition) is 2. The summed E-state index contributed by atoms with van der Waals surface area (Å²) >= 11 is 0. The van der Waals surface area contributed by atoms with Crippen LogP contribution in [0.3, 0.4) is 0 Å². The Morgan fingerprint density at radius 3 is 2.50 bits per heavy atom. The van der Waals surface area contributed by atoms with E-state index >= 15 is 0 Å². The maximum absolute atomic E-state index is 12.3. The third-order valence-corrected chi connectivity index (χ3v) is 6.60. The highest BCUT2D eigenvalue weighted by Crippen LogP contribution is 2.58. The molecule has 4 aliphatic rings. The first-order valence-electron chi connectivity index (χ1n) is 8.28. The van der Waals surface area contributed by atoms with Crippen LogP contribution < -0.4 is 11.1 Å². The molecule has 20 heavy (non-hydrogen) atoms. The average molecular weight is 299 g/mol. The maximum atomic E-state index is 12.3. The van der Waals surface area contributed by atoms with Gasteiger partial charge in [0, 0.05) is 18.0 Å². The van der Waals surface area contributed by atoms with E-state index in [2.05, 4.69) is 5.32 Å².